The van der Waals surface area contributed by atoms with Gasteiger partial charge in [-0.3, -0.25) is 14.4 Å². The molecule has 0 aromatic carbocycles. The van der Waals surface area contributed by atoms with Crippen LogP contribution in [0.2, 0.25) is 0 Å². The molecule has 9 heteroatoms. The van der Waals surface area contributed by atoms with E-state index in [1.807, 2.05) is 12.0 Å². The molecule has 6 rings (SSSR count). The number of aliphatic hydroxyl groups is 1. The Hall–Kier alpha value is -1.16. The minimum absolute atomic E-state index is 0.0577. The lowest BCUT2D eigenvalue weighted by atomic mass is 9.44. The first-order valence-electron chi connectivity index (χ1n) is 14.6. The van der Waals surface area contributed by atoms with Crippen molar-refractivity contribution in [2.75, 3.05) is 19.1 Å². The molecule has 5 aliphatic carbocycles. The van der Waals surface area contributed by atoms with Crippen LogP contribution >= 0.6 is 11.8 Å². The second-order valence-electron chi connectivity index (χ2n) is 13.3. The van der Waals surface area contributed by atoms with Crippen LogP contribution in [0.5, 0.6) is 0 Å². The zero-order valence-corrected chi connectivity index (χ0v) is 23.7. The van der Waals surface area contributed by atoms with Crippen molar-refractivity contribution >= 4 is 22.7 Å². The highest BCUT2D eigenvalue weighted by atomic mass is 32.2. The fourth-order valence-electron chi connectivity index (χ4n) is 9.76. The van der Waals surface area contributed by atoms with E-state index in [0.29, 0.717) is 37.2 Å². The number of aliphatic hydroxyl groups excluding tert-OH is 1. The number of allylic oxidation sites excluding steroid dienone is 4. The summed E-state index contributed by atoms with van der Waals surface area (Å²) in [6.07, 6.45) is 8.16. The van der Waals surface area contributed by atoms with Gasteiger partial charge in [0.1, 0.15) is 12.2 Å². The molecule has 1 saturated heterocycles. The van der Waals surface area contributed by atoms with E-state index in [9.17, 15) is 19.1 Å². The number of carbonyl (C=O) groups excluding carboxylic acids is 2. The number of halogens is 3. The summed E-state index contributed by atoms with van der Waals surface area (Å²) >= 11 is 0.582. The summed E-state index contributed by atoms with van der Waals surface area (Å²) in [5.41, 5.74) is -6.00. The molecule has 0 unspecified atom stereocenters. The Kier molecular flexibility index (Phi) is 6.96. The van der Waals surface area contributed by atoms with E-state index < -0.39 is 57.3 Å². The fourth-order valence-corrected chi connectivity index (χ4v) is 10.5. The van der Waals surface area contributed by atoms with Crippen molar-refractivity contribution in [1.29, 1.82) is 0 Å². The Balaban J connectivity index is 1.34. The molecule has 4 saturated carbocycles. The largest absolute Gasteiger partial charge is 0.390 e. The van der Waals surface area contributed by atoms with Crippen LogP contribution in [-0.4, -0.2) is 63.7 Å². The second-order valence-corrected chi connectivity index (χ2v) is 14.2. The fraction of sp³-hybridized carbons (Fsp3) is 0.800. The van der Waals surface area contributed by atoms with Crippen molar-refractivity contribution in [3.05, 3.63) is 23.8 Å². The van der Waals surface area contributed by atoms with Crippen molar-refractivity contribution in [3.63, 3.8) is 0 Å². The molecule has 1 N–H and O–H groups in total. The highest BCUT2D eigenvalue weighted by Gasteiger charge is 2.79. The molecular formula is C30H40F3NO4S. The highest BCUT2D eigenvalue weighted by Crippen LogP contribution is 2.73. The number of ketones is 1. The van der Waals surface area contributed by atoms with Gasteiger partial charge in [-0.15, -0.1) is 0 Å². The number of thioether (sulfide) groups is 1. The molecule has 0 aromatic heterocycles. The maximum absolute atomic E-state index is 17.5. The molecular weight excluding hydrogens is 527 g/mol. The van der Waals surface area contributed by atoms with Gasteiger partial charge < -0.3 is 5.11 Å². The highest BCUT2D eigenvalue weighted by molar-refractivity contribution is 8.13. The van der Waals surface area contributed by atoms with Crippen LogP contribution in [0.4, 0.5) is 13.2 Å². The summed E-state index contributed by atoms with van der Waals surface area (Å²) in [4.78, 5) is 32.4. The molecule has 39 heavy (non-hydrogen) atoms. The van der Waals surface area contributed by atoms with Gasteiger partial charge in [-0.05, 0) is 62.2 Å². The van der Waals surface area contributed by atoms with Crippen molar-refractivity contribution < 1.29 is 32.7 Å². The van der Waals surface area contributed by atoms with E-state index in [1.165, 1.54) is 50.3 Å². The van der Waals surface area contributed by atoms with Gasteiger partial charge in [0.25, 0.3) is 0 Å². The van der Waals surface area contributed by atoms with Crippen LogP contribution in [-0.2, 0) is 14.4 Å². The van der Waals surface area contributed by atoms with E-state index >= 15 is 8.78 Å². The van der Waals surface area contributed by atoms with Crippen LogP contribution in [0.15, 0.2) is 23.8 Å². The smallest absolute Gasteiger partial charge is 0.226 e. The van der Waals surface area contributed by atoms with Crippen molar-refractivity contribution in [3.8, 4) is 0 Å². The molecule has 0 amide bonds. The van der Waals surface area contributed by atoms with Crippen LogP contribution in [0.3, 0.4) is 0 Å². The molecule has 0 aromatic rings. The summed E-state index contributed by atoms with van der Waals surface area (Å²) in [6, 6.07) is -0.893. The molecule has 0 bridgehead atoms. The van der Waals surface area contributed by atoms with Gasteiger partial charge in [0.05, 0.1) is 6.10 Å². The summed E-state index contributed by atoms with van der Waals surface area (Å²) in [5, 5.41) is 13.1. The average molecular weight is 568 g/mol. The van der Waals surface area contributed by atoms with Gasteiger partial charge in [-0.2, -0.15) is 5.06 Å². The number of hydrogen-bond donors (Lipinski definition) is 1. The first-order valence-corrected chi connectivity index (χ1v) is 15.6. The van der Waals surface area contributed by atoms with E-state index in [1.54, 1.807) is 6.92 Å². The van der Waals surface area contributed by atoms with Gasteiger partial charge in [0, 0.05) is 35.8 Å². The van der Waals surface area contributed by atoms with Crippen LogP contribution < -0.4 is 0 Å². The third-order valence-electron chi connectivity index (χ3n) is 11.7. The Bertz CT molecular complexity index is 1100. The Morgan fingerprint density at radius 3 is 2.67 bits per heavy atom. The number of rotatable bonds is 5. The third kappa shape index (κ3) is 3.77. The zero-order chi connectivity index (χ0) is 27.8. The van der Waals surface area contributed by atoms with Gasteiger partial charge in [-0.25, -0.2) is 13.2 Å². The van der Waals surface area contributed by atoms with Gasteiger partial charge in [0.2, 0.25) is 5.12 Å². The maximum Gasteiger partial charge on any atom is 0.226 e. The van der Waals surface area contributed by atoms with E-state index in [4.69, 9.17) is 4.84 Å². The molecule has 5 fully saturated rings. The minimum Gasteiger partial charge on any atom is -0.390 e. The molecule has 0 radical (unpaired) electrons. The summed E-state index contributed by atoms with van der Waals surface area (Å²) in [7, 11) is 0. The quantitative estimate of drug-likeness (QED) is 0.462. The molecule has 5 nitrogen and oxygen atoms in total. The molecule has 1 heterocycles. The molecule has 1 aliphatic heterocycles. The molecule has 6 aliphatic rings. The summed E-state index contributed by atoms with van der Waals surface area (Å²) in [6.45, 7) is 4.59. The Morgan fingerprint density at radius 2 is 1.95 bits per heavy atom. The molecule has 0 spiro atoms. The normalized spacial score (nSPS) is 47.8. The lowest BCUT2D eigenvalue weighted by Gasteiger charge is -2.63. The summed E-state index contributed by atoms with van der Waals surface area (Å²) in [5.74, 6) is -1.38. The number of hydrogen-bond acceptors (Lipinski definition) is 6. The average Bonchev–Trinajstić information content (AvgIpc) is 3.39. The third-order valence-corrected chi connectivity index (χ3v) is 12.4. The predicted octanol–water partition coefficient (Wildman–Crippen LogP) is 5.67. The van der Waals surface area contributed by atoms with Crippen LogP contribution in [0.1, 0.15) is 71.6 Å². The van der Waals surface area contributed by atoms with Crippen molar-refractivity contribution in [1.82, 2.24) is 5.06 Å². The maximum atomic E-state index is 17.5. The van der Waals surface area contributed by atoms with Crippen LogP contribution in [0.25, 0.3) is 0 Å². The lowest BCUT2D eigenvalue weighted by molar-refractivity contribution is -0.264. The Morgan fingerprint density at radius 1 is 1.21 bits per heavy atom. The van der Waals surface area contributed by atoms with Gasteiger partial charge in [0.15, 0.2) is 17.1 Å². The van der Waals surface area contributed by atoms with Crippen LogP contribution in [0, 0.1) is 34.5 Å². The van der Waals surface area contributed by atoms with Crippen molar-refractivity contribution in [2.24, 2.45) is 34.5 Å². The first-order chi connectivity index (χ1) is 18.5. The standard InChI is InChI=1S/C30H40F3NO4S/c1-27-10-8-20(35)13-23(27)24(32)14-22-21-12-19-16-34(11-9-18-6-4-3-5-7-18)38-30(19,26(37)39-17-31)28(21,2)15-25(36)29(22,27)33/h8,10,13,18-19,21-22,24-25,36H,3-7,9,11-12,14-17H2,1-2H3/t19-,21-,22-,24-,25-,27-,28-,29-,30-/m0/s1. The number of fused-ring (bicyclic) bond motifs is 7. The monoisotopic (exact) mass is 567 g/mol. The summed E-state index contributed by atoms with van der Waals surface area (Å²) < 4.78 is 46.8. The molecule has 9 atom stereocenters. The van der Waals surface area contributed by atoms with E-state index in [2.05, 4.69) is 0 Å². The first kappa shape index (κ1) is 28.0. The number of alkyl halides is 3. The van der Waals surface area contributed by atoms with Gasteiger partial charge in [-0.1, -0.05) is 56.9 Å². The number of nitrogens with zero attached hydrogens (tertiary/aromatic N) is 1. The number of hydroxylamine groups is 2. The predicted molar refractivity (Wildman–Crippen MR) is 143 cm³/mol. The van der Waals surface area contributed by atoms with Gasteiger partial charge >= 0.3 is 0 Å². The molecule has 216 valence electrons. The topological polar surface area (TPSA) is 66.8 Å². The second kappa shape index (κ2) is 9.70. The Labute approximate surface area is 232 Å². The zero-order valence-electron chi connectivity index (χ0n) is 22.8. The van der Waals surface area contributed by atoms with Crippen molar-refractivity contribution in [2.45, 2.75) is 95.2 Å². The minimum atomic E-state index is -2.21. The van der Waals surface area contributed by atoms with E-state index in [0.717, 1.165) is 6.42 Å². The van der Waals surface area contributed by atoms with E-state index in [-0.39, 0.29) is 30.1 Å². The number of carbonyl (C=O) groups is 2. The SMILES string of the molecule is C[C@]12C=CC(=O)C=C1[C@@H](F)C[C@H]1[C@@H]3C[C@H]4CN(CCC5CCCCC5)O[C@@]4(C(=O)SCF)[C@@]3(C)C[C@H](O)[C@@]12F. The lowest BCUT2D eigenvalue weighted by Crippen LogP contribution is -2.70.